The van der Waals surface area contributed by atoms with Gasteiger partial charge in [0.2, 0.25) is 5.91 Å². The van der Waals surface area contributed by atoms with E-state index in [1.165, 1.54) is 15.6 Å². The van der Waals surface area contributed by atoms with Crippen LogP contribution < -0.4 is 5.32 Å². The maximum absolute atomic E-state index is 12.7. The molecule has 2 aromatic rings. The van der Waals surface area contributed by atoms with Gasteiger partial charge < -0.3 is 5.32 Å². The van der Waals surface area contributed by atoms with E-state index in [9.17, 15) is 13.2 Å². The van der Waals surface area contributed by atoms with Crippen LogP contribution in [0.4, 0.5) is 0 Å². The lowest BCUT2D eigenvalue weighted by Gasteiger charge is -2.22. The molecular formula is C16H17ClN2O3S2. The Morgan fingerprint density at radius 2 is 2.17 bits per heavy atom. The minimum atomic E-state index is -3.61. The van der Waals surface area contributed by atoms with Gasteiger partial charge in [-0.15, -0.1) is 11.3 Å². The monoisotopic (exact) mass is 384 g/mol. The number of sulfonamides is 1. The molecule has 128 valence electrons. The highest BCUT2D eigenvalue weighted by atomic mass is 35.5. The number of hydrogen-bond acceptors (Lipinski definition) is 4. The van der Waals surface area contributed by atoms with Crippen LogP contribution in [0.25, 0.3) is 0 Å². The summed E-state index contributed by atoms with van der Waals surface area (Å²) in [7, 11) is -3.61. The first-order chi connectivity index (χ1) is 11.5. The highest BCUT2D eigenvalue weighted by molar-refractivity contribution is 7.91. The maximum atomic E-state index is 12.7. The number of halogens is 1. The lowest BCUT2D eigenvalue weighted by Crippen LogP contribution is -2.45. The van der Waals surface area contributed by atoms with Gasteiger partial charge in [-0.05, 0) is 42.0 Å². The van der Waals surface area contributed by atoms with Crippen LogP contribution in [0.5, 0.6) is 0 Å². The molecule has 3 rings (SSSR count). The summed E-state index contributed by atoms with van der Waals surface area (Å²) in [4.78, 5) is 12.5. The van der Waals surface area contributed by atoms with Crippen LogP contribution in [0.1, 0.15) is 18.4 Å². The molecule has 0 aliphatic carbocycles. The molecule has 1 atom stereocenters. The van der Waals surface area contributed by atoms with Crippen LogP contribution in [0.2, 0.25) is 5.02 Å². The summed E-state index contributed by atoms with van der Waals surface area (Å²) in [5, 5.41) is 5.14. The summed E-state index contributed by atoms with van der Waals surface area (Å²) in [6.07, 6.45) is 1.21. The largest absolute Gasteiger partial charge is 0.351 e. The van der Waals surface area contributed by atoms with Crippen LogP contribution in [0, 0.1) is 0 Å². The van der Waals surface area contributed by atoms with Gasteiger partial charge in [-0.25, -0.2) is 8.42 Å². The van der Waals surface area contributed by atoms with Gasteiger partial charge in [0.25, 0.3) is 10.0 Å². The van der Waals surface area contributed by atoms with Crippen LogP contribution in [-0.4, -0.2) is 31.2 Å². The maximum Gasteiger partial charge on any atom is 0.253 e. The Kier molecular flexibility index (Phi) is 5.24. The highest BCUT2D eigenvalue weighted by Crippen LogP contribution is 2.28. The van der Waals surface area contributed by atoms with Crippen LogP contribution in [0.15, 0.2) is 46.0 Å². The van der Waals surface area contributed by atoms with Gasteiger partial charge in [0.15, 0.2) is 0 Å². The van der Waals surface area contributed by atoms with Crippen molar-refractivity contribution in [2.45, 2.75) is 29.6 Å². The van der Waals surface area contributed by atoms with Gasteiger partial charge >= 0.3 is 0 Å². The second kappa shape index (κ2) is 7.23. The standard InChI is InChI=1S/C16H17ClN2O3S2/c17-13-5-1-4-12(10-13)11-18-16(20)14-6-2-8-19(14)24(21,22)15-7-3-9-23-15/h1,3-5,7,9-10,14H,2,6,8,11H2,(H,18,20)/t14-/m1/s1. The lowest BCUT2D eigenvalue weighted by molar-refractivity contribution is -0.124. The average molecular weight is 385 g/mol. The van der Waals surface area contributed by atoms with E-state index in [0.717, 1.165) is 5.56 Å². The number of nitrogens with zero attached hydrogens (tertiary/aromatic N) is 1. The molecule has 1 aromatic heterocycles. The molecule has 1 N–H and O–H groups in total. The third kappa shape index (κ3) is 3.64. The molecule has 1 aromatic carbocycles. The Hall–Kier alpha value is -1.41. The van der Waals surface area contributed by atoms with Crippen molar-refractivity contribution in [2.24, 2.45) is 0 Å². The summed E-state index contributed by atoms with van der Waals surface area (Å²) in [6.45, 7) is 0.693. The number of nitrogens with one attached hydrogen (secondary N) is 1. The lowest BCUT2D eigenvalue weighted by atomic mass is 10.2. The number of hydrogen-bond donors (Lipinski definition) is 1. The van der Waals surface area contributed by atoms with Crippen molar-refractivity contribution < 1.29 is 13.2 Å². The third-order valence-electron chi connectivity index (χ3n) is 3.92. The Bertz CT molecular complexity index is 822. The summed E-state index contributed by atoms with van der Waals surface area (Å²) in [6, 6.07) is 9.82. The number of benzene rings is 1. The van der Waals surface area contributed by atoms with Crippen molar-refractivity contribution >= 4 is 38.9 Å². The number of rotatable bonds is 5. The van der Waals surface area contributed by atoms with E-state index in [1.54, 1.807) is 29.6 Å². The van der Waals surface area contributed by atoms with Gasteiger partial charge in [-0.3, -0.25) is 4.79 Å². The van der Waals surface area contributed by atoms with Crippen molar-refractivity contribution in [1.29, 1.82) is 0 Å². The molecule has 0 unspecified atom stereocenters. The minimum absolute atomic E-state index is 0.271. The summed E-state index contributed by atoms with van der Waals surface area (Å²) >= 11 is 7.09. The molecule has 0 bridgehead atoms. The van der Waals surface area contributed by atoms with Gasteiger partial charge in [-0.1, -0.05) is 29.8 Å². The number of carbonyl (C=O) groups is 1. The predicted octanol–water partition coefficient (Wildman–Crippen LogP) is 2.87. The number of amides is 1. The van der Waals surface area contributed by atoms with E-state index in [1.807, 2.05) is 12.1 Å². The fourth-order valence-electron chi connectivity index (χ4n) is 2.77. The third-order valence-corrected chi connectivity index (χ3v) is 7.44. The molecule has 0 radical (unpaired) electrons. The quantitative estimate of drug-likeness (QED) is 0.861. The van der Waals surface area contributed by atoms with Crippen LogP contribution in [0.3, 0.4) is 0 Å². The number of carbonyl (C=O) groups excluding carboxylic acids is 1. The zero-order valence-corrected chi connectivity index (χ0v) is 15.2. The van der Waals surface area contributed by atoms with Gasteiger partial charge in [-0.2, -0.15) is 4.31 Å². The number of thiophene rings is 1. The Morgan fingerprint density at radius 3 is 2.88 bits per heavy atom. The van der Waals surface area contributed by atoms with Crippen LogP contribution in [-0.2, 0) is 21.4 Å². The van der Waals surface area contributed by atoms with Crippen molar-refractivity contribution in [3.63, 3.8) is 0 Å². The van der Waals surface area contributed by atoms with E-state index >= 15 is 0 Å². The first-order valence-corrected chi connectivity index (χ1v) is 10.3. The highest BCUT2D eigenvalue weighted by Gasteiger charge is 2.39. The topological polar surface area (TPSA) is 66.5 Å². The van der Waals surface area contributed by atoms with Gasteiger partial charge in [0.05, 0.1) is 0 Å². The van der Waals surface area contributed by atoms with Crippen molar-refractivity contribution in [1.82, 2.24) is 9.62 Å². The van der Waals surface area contributed by atoms with E-state index in [2.05, 4.69) is 5.32 Å². The van der Waals surface area contributed by atoms with E-state index in [4.69, 9.17) is 11.6 Å². The van der Waals surface area contributed by atoms with Crippen molar-refractivity contribution in [3.05, 3.63) is 52.4 Å². The van der Waals surface area contributed by atoms with Crippen molar-refractivity contribution in [2.75, 3.05) is 6.54 Å². The van der Waals surface area contributed by atoms with Gasteiger partial charge in [0.1, 0.15) is 10.3 Å². The van der Waals surface area contributed by atoms with E-state index in [0.29, 0.717) is 31.0 Å². The Balaban J connectivity index is 1.70. The van der Waals surface area contributed by atoms with Crippen LogP contribution >= 0.6 is 22.9 Å². The molecule has 0 saturated carbocycles. The fraction of sp³-hybridized carbons (Fsp3) is 0.312. The molecule has 8 heteroatoms. The SMILES string of the molecule is O=C(NCc1cccc(Cl)c1)[C@H]1CCCN1S(=O)(=O)c1cccs1. The Labute approximate surface area is 150 Å². The first kappa shape index (κ1) is 17.4. The zero-order valence-electron chi connectivity index (χ0n) is 12.8. The molecule has 1 fully saturated rings. The van der Waals surface area contributed by atoms with Gasteiger partial charge in [0, 0.05) is 18.1 Å². The molecule has 2 heterocycles. The molecule has 1 saturated heterocycles. The van der Waals surface area contributed by atoms with E-state index < -0.39 is 16.1 Å². The molecular weight excluding hydrogens is 368 g/mol. The fourth-order valence-corrected chi connectivity index (χ4v) is 5.76. The van der Waals surface area contributed by atoms with Crippen molar-refractivity contribution in [3.8, 4) is 0 Å². The normalized spacial score (nSPS) is 18.6. The molecule has 0 spiro atoms. The second-order valence-electron chi connectivity index (χ2n) is 5.55. The summed E-state index contributed by atoms with van der Waals surface area (Å²) < 4.78 is 26.9. The molecule has 1 amide bonds. The van der Waals surface area contributed by atoms with E-state index in [-0.39, 0.29) is 10.1 Å². The first-order valence-electron chi connectivity index (χ1n) is 7.56. The summed E-state index contributed by atoms with van der Waals surface area (Å²) in [5.74, 6) is -0.271. The smallest absolute Gasteiger partial charge is 0.253 e. The molecule has 1 aliphatic heterocycles. The minimum Gasteiger partial charge on any atom is -0.351 e. The summed E-state index contributed by atoms with van der Waals surface area (Å²) in [5.41, 5.74) is 0.876. The average Bonchev–Trinajstić information content (AvgIpc) is 3.24. The molecule has 1 aliphatic rings. The predicted molar refractivity (Wildman–Crippen MR) is 94.5 cm³/mol. The zero-order chi connectivity index (χ0) is 17.2. The second-order valence-corrected chi connectivity index (χ2v) is 9.06. The molecule has 5 nitrogen and oxygen atoms in total. The Morgan fingerprint density at radius 1 is 1.33 bits per heavy atom. The molecule has 24 heavy (non-hydrogen) atoms.